The first-order valence-corrected chi connectivity index (χ1v) is 6.85. The molecule has 2 aromatic rings. The van der Waals surface area contributed by atoms with Crippen molar-refractivity contribution in [3.63, 3.8) is 0 Å². The Morgan fingerprint density at radius 3 is 2.78 bits per heavy atom. The summed E-state index contributed by atoms with van der Waals surface area (Å²) in [6.07, 6.45) is 0.990. The van der Waals surface area contributed by atoms with Crippen molar-refractivity contribution >= 4 is 5.91 Å². The molecule has 3 N–H and O–H groups in total. The highest BCUT2D eigenvalue weighted by atomic mass is 19.1. The number of aromatic nitrogens is 2. The van der Waals surface area contributed by atoms with Gasteiger partial charge >= 0.3 is 5.69 Å². The third-order valence-electron chi connectivity index (χ3n) is 3.45. The lowest BCUT2D eigenvalue weighted by molar-refractivity contribution is -0.121. The number of hydrogen-bond acceptors (Lipinski definition) is 4. The van der Waals surface area contributed by atoms with Crippen LogP contribution in [0.5, 0.6) is 5.75 Å². The van der Waals surface area contributed by atoms with E-state index in [-0.39, 0.29) is 12.0 Å². The summed E-state index contributed by atoms with van der Waals surface area (Å²) in [5.41, 5.74) is -0.490. The van der Waals surface area contributed by atoms with Gasteiger partial charge in [0.1, 0.15) is 0 Å². The molecule has 122 valence electrons. The predicted octanol–water partition coefficient (Wildman–Crippen LogP) is 0.338. The summed E-state index contributed by atoms with van der Waals surface area (Å²) in [7, 11) is 1.31. The molecule has 0 aliphatic carbocycles. The zero-order valence-electron chi connectivity index (χ0n) is 12.6. The average molecular weight is 321 g/mol. The Morgan fingerprint density at radius 2 is 2.13 bits per heavy atom. The molecule has 0 saturated heterocycles. The fourth-order valence-electron chi connectivity index (χ4n) is 2.08. The summed E-state index contributed by atoms with van der Waals surface area (Å²) in [6, 6.07) is 3.30. The van der Waals surface area contributed by atoms with Gasteiger partial charge in [0.05, 0.1) is 12.5 Å². The molecule has 0 fully saturated rings. The minimum absolute atomic E-state index is 0.147. The maximum absolute atomic E-state index is 13.3. The number of rotatable bonds is 4. The standard InChI is InChI=1S/C15H16FN3O4/c1-8(9-3-4-12(20)11(16)5-9)18-13(21)6-10-7-17-15(23)19(2)14(10)22/h3-5,7-8,20H,6H2,1-2H3,(H,17,23)(H,18,21). The summed E-state index contributed by atoms with van der Waals surface area (Å²) in [4.78, 5) is 37.5. The van der Waals surface area contributed by atoms with E-state index in [2.05, 4.69) is 10.3 Å². The van der Waals surface area contributed by atoms with Gasteiger partial charge in [-0.25, -0.2) is 9.18 Å². The molecule has 0 aliphatic rings. The maximum Gasteiger partial charge on any atom is 0.328 e. The average Bonchev–Trinajstić information content (AvgIpc) is 2.50. The van der Waals surface area contributed by atoms with Crippen molar-refractivity contribution in [1.82, 2.24) is 14.9 Å². The summed E-state index contributed by atoms with van der Waals surface area (Å²) in [6.45, 7) is 1.65. The third-order valence-corrected chi connectivity index (χ3v) is 3.45. The Labute approximate surface area is 130 Å². The zero-order valence-corrected chi connectivity index (χ0v) is 12.6. The van der Waals surface area contributed by atoms with Crippen LogP contribution in [-0.4, -0.2) is 20.6 Å². The summed E-state index contributed by atoms with van der Waals surface area (Å²) < 4.78 is 14.2. The number of amides is 1. The van der Waals surface area contributed by atoms with Gasteiger partial charge in [0.2, 0.25) is 5.91 Å². The van der Waals surface area contributed by atoms with Gasteiger partial charge in [0.25, 0.3) is 5.56 Å². The van der Waals surface area contributed by atoms with E-state index in [1.54, 1.807) is 6.92 Å². The first-order valence-electron chi connectivity index (χ1n) is 6.85. The number of halogens is 1. The van der Waals surface area contributed by atoms with Gasteiger partial charge < -0.3 is 15.4 Å². The quantitative estimate of drug-likeness (QED) is 0.755. The van der Waals surface area contributed by atoms with Crippen LogP contribution in [0.3, 0.4) is 0 Å². The highest BCUT2D eigenvalue weighted by Crippen LogP contribution is 2.20. The first kappa shape index (κ1) is 16.5. The van der Waals surface area contributed by atoms with Gasteiger partial charge in [-0.1, -0.05) is 6.07 Å². The molecule has 0 spiro atoms. The molecule has 0 bridgehead atoms. The number of phenols is 1. The number of nitrogens with one attached hydrogen (secondary N) is 2. The smallest absolute Gasteiger partial charge is 0.328 e. The van der Waals surface area contributed by atoms with Crippen molar-refractivity contribution < 1.29 is 14.3 Å². The summed E-state index contributed by atoms with van der Waals surface area (Å²) >= 11 is 0. The Hall–Kier alpha value is -2.90. The van der Waals surface area contributed by atoms with Crippen molar-refractivity contribution in [2.45, 2.75) is 19.4 Å². The maximum atomic E-state index is 13.3. The summed E-state index contributed by atoms with van der Waals surface area (Å²) in [5, 5.41) is 11.8. The molecule has 1 heterocycles. The molecule has 8 heteroatoms. The molecule has 1 unspecified atom stereocenters. The van der Waals surface area contributed by atoms with Crippen molar-refractivity contribution in [1.29, 1.82) is 0 Å². The molecule has 1 atom stereocenters. The van der Waals surface area contributed by atoms with Gasteiger partial charge in [-0.3, -0.25) is 14.2 Å². The van der Waals surface area contributed by atoms with Crippen LogP contribution in [0.15, 0.2) is 34.0 Å². The normalized spacial score (nSPS) is 12.0. The summed E-state index contributed by atoms with van der Waals surface area (Å²) in [5.74, 6) is -1.70. The number of benzene rings is 1. The molecule has 0 saturated carbocycles. The van der Waals surface area contributed by atoms with Crippen LogP contribution in [-0.2, 0) is 18.3 Å². The predicted molar refractivity (Wildman–Crippen MR) is 80.6 cm³/mol. The van der Waals surface area contributed by atoms with Crippen LogP contribution in [0.25, 0.3) is 0 Å². The number of phenolic OH excluding ortho intramolecular Hbond substituents is 1. The van der Waals surface area contributed by atoms with Crippen LogP contribution >= 0.6 is 0 Å². The van der Waals surface area contributed by atoms with E-state index in [4.69, 9.17) is 5.11 Å². The largest absolute Gasteiger partial charge is 0.505 e. The molecule has 0 aliphatic heterocycles. The second kappa shape index (κ2) is 6.47. The molecule has 2 rings (SSSR count). The van der Waals surface area contributed by atoms with E-state index in [1.807, 2.05) is 0 Å². The zero-order chi connectivity index (χ0) is 17.1. The number of H-pyrrole nitrogens is 1. The van der Waals surface area contributed by atoms with Gasteiger partial charge in [0, 0.05) is 18.8 Å². The third kappa shape index (κ3) is 3.65. The topological polar surface area (TPSA) is 104 Å². The van der Waals surface area contributed by atoms with Gasteiger partial charge in [-0.15, -0.1) is 0 Å². The Balaban J connectivity index is 2.10. The number of aromatic hydroxyl groups is 1. The molecular weight excluding hydrogens is 305 g/mol. The van der Waals surface area contributed by atoms with Crippen LogP contribution in [0.1, 0.15) is 24.1 Å². The molecule has 23 heavy (non-hydrogen) atoms. The lowest BCUT2D eigenvalue weighted by Crippen LogP contribution is -2.37. The van der Waals surface area contributed by atoms with Crippen molar-refractivity contribution in [3.8, 4) is 5.75 Å². The Kier molecular flexibility index (Phi) is 4.63. The SMILES string of the molecule is CC(NC(=O)Cc1c[nH]c(=O)n(C)c1=O)c1ccc(O)c(F)c1. The molecule has 1 amide bonds. The lowest BCUT2D eigenvalue weighted by atomic mass is 10.1. The molecule has 0 radical (unpaired) electrons. The van der Waals surface area contributed by atoms with E-state index < -0.39 is 34.8 Å². The van der Waals surface area contributed by atoms with Crippen molar-refractivity contribution in [3.05, 3.63) is 62.2 Å². The van der Waals surface area contributed by atoms with E-state index in [9.17, 15) is 18.8 Å². The van der Waals surface area contributed by atoms with Gasteiger partial charge in [0.15, 0.2) is 11.6 Å². The number of carbonyl (C=O) groups excluding carboxylic acids is 1. The molecular formula is C15H16FN3O4. The Bertz CT molecular complexity index is 857. The second-order valence-corrected chi connectivity index (χ2v) is 5.16. The van der Waals surface area contributed by atoms with E-state index in [1.165, 1.54) is 25.4 Å². The van der Waals surface area contributed by atoms with Crippen LogP contribution in [0.2, 0.25) is 0 Å². The molecule has 1 aromatic carbocycles. The number of nitrogens with zero attached hydrogens (tertiary/aromatic N) is 1. The van der Waals surface area contributed by atoms with E-state index in [0.29, 0.717) is 5.56 Å². The van der Waals surface area contributed by atoms with Crippen LogP contribution in [0.4, 0.5) is 4.39 Å². The first-order chi connectivity index (χ1) is 10.8. The van der Waals surface area contributed by atoms with Gasteiger partial charge in [-0.05, 0) is 24.6 Å². The van der Waals surface area contributed by atoms with Crippen LogP contribution < -0.4 is 16.6 Å². The monoisotopic (exact) mass is 321 g/mol. The van der Waals surface area contributed by atoms with Crippen molar-refractivity contribution in [2.24, 2.45) is 7.05 Å². The molecule has 7 nitrogen and oxygen atoms in total. The van der Waals surface area contributed by atoms with E-state index in [0.717, 1.165) is 10.6 Å². The van der Waals surface area contributed by atoms with Gasteiger partial charge in [-0.2, -0.15) is 0 Å². The van der Waals surface area contributed by atoms with E-state index >= 15 is 0 Å². The second-order valence-electron chi connectivity index (χ2n) is 5.16. The molecule has 1 aromatic heterocycles. The van der Waals surface area contributed by atoms with Crippen LogP contribution in [0, 0.1) is 5.82 Å². The Morgan fingerprint density at radius 1 is 1.43 bits per heavy atom. The minimum Gasteiger partial charge on any atom is -0.505 e. The highest BCUT2D eigenvalue weighted by Gasteiger charge is 2.14. The fraction of sp³-hybridized carbons (Fsp3) is 0.267. The van der Waals surface area contributed by atoms with Crippen molar-refractivity contribution in [2.75, 3.05) is 0 Å². The number of aromatic amines is 1. The lowest BCUT2D eigenvalue weighted by Gasteiger charge is -2.14. The number of carbonyl (C=O) groups is 1. The minimum atomic E-state index is -0.780. The fourth-order valence-corrected chi connectivity index (χ4v) is 2.08. The highest BCUT2D eigenvalue weighted by molar-refractivity contribution is 5.78. The number of hydrogen-bond donors (Lipinski definition) is 3.